The Hall–Kier alpha value is -0.730. The lowest BCUT2D eigenvalue weighted by Gasteiger charge is -2.12. The van der Waals surface area contributed by atoms with Gasteiger partial charge < -0.3 is 10.1 Å². The molecule has 1 N–H and O–H groups in total. The molecule has 0 saturated carbocycles. The molecule has 0 aliphatic heterocycles. The van der Waals surface area contributed by atoms with Gasteiger partial charge in [-0.3, -0.25) is 0 Å². The maximum absolute atomic E-state index is 6.08. The topological polar surface area (TPSA) is 21.3 Å². The van der Waals surface area contributed by atoms with E-state index >= 15 is 0 Å². The van der Waals surface area contributed by atoms with Gasteiger partial charge in [-0.2, -0.15) is 0 Å². The quantitative estimate of drug-likeness (QED) is 0.509. The maximum Gasteiger partial charge on any atom is 0.123 e. The molecule has 1 rings (SSSR count). The Kier molecular flexibility index (Phi) is 10.4. The van der Waals surface area contributed by atoms with E-state index < -0.39 is 0 Å². The summed E-state index contributed by atoms with van der Waals surface area (Å²) in [5.74, 6) is 0.955. The maximum atomic E-state index is 6.08. The summed E-state index contributed by atoms with van der Waals surface area (Å²) in [4.78, 5) is 0. The van der Waals surface area contributed by atoms with Crippen LogP contribution in [0.25, 0.3) is 0 Å². The van der Waals surface area contributed by atoms with Gasteiger partial charge in [0.15, 0.2) is 0 Å². The van der Waals surface area contributed by atoms with Crippen LogP contribution in [-0.2, 0) is 6.54 Å². The van der Waals surface area contributed by atoms with Crippen LogP contribution in [0, 0.1) is 0 Å². The molecule has 21 heavy (non-hydrogen) atoms. The first-order valence-corrected chi connectivity index (χ1v) is 8.77. The Labute approximate surface area is 135 Å². The Morgan fingerprint density at radius 1 is 1.00 bits per heavy atom. The van der Waals surface area contributed by atoms with Gasteiger partial charge in [0, 0.05) is 17.1 Å². The van der Waals surface area contributed by atoms with Gasteiger partial charge in [0.05, 0.1) is 6.61 Å². The molecule has 0 aliphatic rings. The third-order valence-electron chi connectivity index (χ3n) is 3.51. The molecule has 3 heteroatoms. The first-order chi connectivity index (χ1) is 10.3. The van der Waals surface area contributed by atoms with Crippen molar-refractivity contribution in [1.82, 2.24) is 5.32 Å². The van der Waals surface area contributed by atoms with E-state index in [0.717, 1.165) is 42.5 Å². The molecule has 1 aromatic carbocycles. The molecule has 1 aromatic rings. The summed E-state index contributed by atoms with van der Waals surface area (Å²) in [7, 11) is 0. The van der Waals surface area contributed by atoms with Gasteiger partial charge >= 0.3 is 0 Å². The summed E-state index contributed by atoms with van der Waals surface area (Å²) in [6.45, 7) is 7.02. The molecule has 0 saturated heterocycles. The van der Waals surface area contributed by atoms with E-state index in [1.54, 1.807) is 0 Å². The predicted molar refractivity (Wildman–Crippen MR) is 92.3 cm³/mol. The van der Waals surface area contributed by atoms with Gasteiger partial charge in [0.2, 0.25) is 0 Å². The van der Waals surface area contributed by atoms with Crippen molar-refractivity contribution in [1.29, 1.82) is 0 Å². The molecule has 120 valence electrons. The van der Waals surface area contributed by atoms with Crippen LogP contribution in [0.5, 0.6) is 5.75 Å². The highest BCUT2D eigenvalue weighted by molar-refractivity contribution is 6.30. The normalized spacial score (nSPS) is 10.8. The van der Waals surface area contributed by atoms with E-state index in [1.807, 2.05) is 18.2 Å². The highest BCUT2D eigenvalue weighted by Gasteiger charge is 2.04. The Bertz CT molecular complexity index is 381. The number of unbranched alkanes of at least 4 members (excludes halogenated alkanes) is 5. The van der Waals surface area contributed by atoms with Gasteiger partial charge in [0.25, 0.3) is 0 Å². The predicted octanol–water partition coefficient (Wildman–Crippen LogP) is 5.58. The molecular weight excluding hydrogens is 282 g/mol. The minimum Gasteiger partial charge on any atom is -0.493 e. The van der Waals surface area contributed by atoms with Crippen LogP contribution in [0.3, 0.4) is 0 Å². The SMILES string of the molecule is CCCCCCCCNCc1cc(Cl)ccc1OCCC. The minimum atomic E-state index is 0.756. The van der Waals surface area contributed by atoms with Crippen molar-refractivity contribution in [3.63, 3.8) is 0 Å². The van der Waals surface area contributed by atoms with Crippen molar-refractivity contribution in [3.05, 3.63) is 28.8 Å². The van der Waals surface area contributed by atoms with Gasteiger partial charge in [-0.1, -0.05) is 57.6 Å². The molecule has 0 aromatic heterocycles. The van der Waals surface area contributed by atoms with Crippen molar-refractivity contribution >= 4 is 11.6 Å². The van der Waals surface area contributed by atoms with Crippen LogP contribution in [0.2, 0.25) is 5.02 Å². The van der Waals surface area contributed by atoms with E-state index in [0.29, 0.717) is 0 Å². The minimum absolute atomic E-state index is 0.756. The number of hydrogen-bond donors (Lipinski definition) is 1. The number of hydrogen-bond acceptors (Lipinski definition) is 2. The lowest BCUT2D eigenvalue weighted by molar-refractivity contribution is 0.313. The van der Waals surface area contributed by atoms with Crippen molar-refractivity contribution in [2.75, 3.05) is 13.2 Å². The standard InChI is InChI=1S/C18H30ClNO/c1-3-5-6-7-8-9-12-20-15-16-14-17(19)10-11-18(16)21-13-4-2/h10-11,14,20H,3-9,12-13,15H2,1-2H3. The van der Waals surface area contributed by atoms with Crippen LogP contribution < -0.4 is 10.1 Å². The third-order valence-corrected chi connectivity index (χ3v) is 3.74. The van der Waals surface area contributed by atoms with Gasteiger partial charge in [-0.15, -0.1) is 0 Å². The molecular formula is C18H30ClNO. The zero-order valence-corrected chi connectivity index (χ0v) is 14.3. The fourth-order valence-electron chi connectivity index (χ4n) is 2.29. The summed E-state index contributed by atoms with van der Waals surface area (Å²) >= 11 is 6.08. The summed E-state index contributed by atoms with van der Waals surface area (Å²) in [5, 5.41) is 4.27. The molecule has 0 unspecified atom stereocenters. The summed E-state index contributed by atoms with van der Waals surface area (Å²) in [5.41, 5.74) is 1.15. The second-order valence-electron chi connectivity index (χ2n) is 5.55. The average Bonchev–Trinajstić information content (AvgIpc) is 2.49. The number of benzene rings is 1. The molecule has 0 radical (unpaired) electrons. The van der Waals surface area contributed by atoms with Crippen molar-refractivity contribution in [3.8, 4) is 5.75 Å². The van der Waals surface area contributed by atoms with Crippen LogP contribution in [0.4, 0.5) is 0 Å². The molecule has 0 amide bonds. The summed E-state index contributed by atoms with van der Waals surface area (Å²) in [6, 6.07) is 5.87. The number of ether oxygens (including phenoxy) is 1. The van der Waals surface area contributed by atoms with E-state index in [2.05, 4.69) is 19.2 Å². The van der Waals surface area contributed by atoms with Crippen molar-refractivity contribution in [2.24, 2.45) is 0 Å². The molecule has 0 heterocycles. The van der Waals surface area contributed by atoms with Gasteiger partial charge in [0.1, 0.15) is 5.75 Å². The highest BCUT2D eigenvalue weighted by atomic mass is 35.5. The Morgan fingerprint density at radius 3 is 2.52 bits per heavy atom. The van der Waals surface area contributed by atoms with Crippen LogP contribution >= 0.6 is 11.6 Å². The van der Waals surface area contributed by atoms with Crippen LogP contribution in [-0.4, -0.2) is 13.2 Å². The van der Waals surface area contributed by atoms with Crippen LogP contribution in [0.1, 0.15) is 64.4 Å². The fraction of sp³-hybridized carbons (Fsp3) is 0.667. The number of halogens is 1. The largest absolute Gasteiger partial charge is 0.493 e. The van der Waals surface area contributed by atoms with E-state index in [1.165, 1.54) is 38.5 Å². The zero-order valence-electron chi connectivity index (χ0n) is 13.6. The number of nitrogens with one attached hydrogen (secondary N) is 1. The van der Waals surface area contributed by atoms with Gasteiger partial charge in [-0.05, 0) is 37.6 Å². The first kappa shape index (κ1) is 18.3. The molecule has 0 fully saturated rings. The van der Waals surface area contributed by atoms with E-state index in [-0.39, 0.29) is 0 Å². The van der Waals surface area contributed by atoms with Crippen molar-refractivity contribution < 1.29 is 4.74 Å². The average molecular weight is 312 g/mol. The van der Waals surface area contributed by atoms with Crippen molar-refractivity contribution in [2.45, 2.75) is 65.3 Å². The van der Waals surface area contributed by atoms with E-state index in [4.69, 9.17) is 16.3 Å². The van der Waals surface area contributed by atoms with Gasteiger partial charge in [-0.25, -0.2) is 0 Å². The monoisotopic (exact) mass is 311 g/mol. The fourth-order valence-corrected chi connectivity index (χ4v) is 2.49. The lowest BCUT2D eigenvalue weighted by Crippen LogP contribution is -2.15. The smallest absolute Gasteiger partial charge is 0.123 e. The third kappa shape index (κ3) is 8.33. The molecule has 0 spiro atoms. The zero-order chi connectivity index (χ0) is 15.3. The number of rotatable bonds is 12. The highest BCUT2D eigenvalue weighted by Crippen LogP contribution is 2.23. The summed E-state index contributed by atoms with van der Waals surface area (Å²) < 4.78 is 5.77. The second kappa shape index (κ2) is 11.9. The first-order valence-electron chi connectivity index (χ1n) is 8.39. The second-order valence-corrected chi connectivity index (χ2v) is 5.98. The molecule has 0 aliphatic carbocycles. The van der Waals surface area contributed by atoms with Crippen LogP contribution in [0.15, 0.2) is 18.2 Å². The lowest BCUT2D eigenvalue weighted by atomic mass is 10.1. The Morgan fingerprint density at radius 2 is 1.76 bits per heavy atom. The molecule has 0 atom stereocenters. The Balaban J connectivity index is 2.25. The molecule has 2 nitrogen and oxygen atoms in total. The van der Waals surface area contributed by atoms with E-state index in [9.17, 15) is 0 Å². The molecule has 0 bridgehead atoms. The summed E-state index contributed by atoms with van der Waals surface area (Å²) in [6.07, 6.45) is 9.00.